The first-order valence-corrected chi connectivity index (χ1v) is 5.15. The van der Waals surface area contributed by atoms with Gasteiger partial charge in [-0.05, 0) is 0 Å². The summed E-state index contributed by atoms with van der Waals surface area (Å²) in [5.41, 5.74) is 0. The Bertz CT molecular complexity index is 337. The Labute approximate surface area is 99.0 Å². The van der Waals surface area contributed by atoms with Crippen molar-refractivity contribution < 1.29 is 9.84 Å². The summed E-state index contributed by atoms with van der Waals surface area (Å²) in [5, 5.41) is 15.3. The smallest absolute Gasteiger partial charge is 0.224 e. The first-order chi connectivity index (χ1) is 7.71. The van der Waals surface area contributed by atoms with Crippen LogP contribution < -0.4 is 10.6 Å². The van der Waals surface area contributed by atoms with E-state index < -0.39 is 0 Å². The first-order valence-electron chi connectivity index (χ1n) is 4.77. The highest BCUT2D eigenvalue weighted by Crippen LogP contribution is 2.19. The molecule has 7 heteroatoms. The highest BCUT2D eigenvalue weighted by Gasteiger charge is 2.11. The Hall–Kier alpha value is -1.11. The van der Waals surface area contributed by atoms with Crippen LogP contribution in [-0.4, -0.2) is 48.5 Å². The Morgan fingerprint density at radius 3 is 2.94 bits per heavy atom. The molecule has 16 heavy (non-hydrogen) atoms. The summed E-state index contributed by atoms with van der Waals surface area (Å²) in [6.45, 7) is 0.300. The summed E-state index contributed by atoms with van der Waals surface area (Å²) < 4.78 is 4.94. The second-order valence-electron chi connectivity index (χ2n) is 3.12. The molecular formula is C9H15ClN4O2. The van der Waals surface area contributed by atoms with Crippen molar-refractivity contribution in [2.45, 2.75) is 6.04 Å². The lowest BCUT2D eigenvalue weighted by Gasteiger charge is -2.16. The number of hydrogen-bond acceptors (Lipinski definition) is 6. The molecule has 1 heterocycles. The van der Waals surface area contributed by atoms with E-state index in [9.17, 15) is 0 Å². The minimum Gasteiger partial charge on any atom is -0.394 e. The Morgan fingerprint density at radius 2 is 2.38 bits per heavy atom. The Balaban J connectivity index is 2.77. The van der Waals surface area contributed by atoms with Crippen LogP contribution in [0.1, 0.15) is 0 Å². The molecule has 0 aliphatic rings. The molecule has 0 radical (unpaired) electrons. The van der Waals surface area contributed by atoms with Gasteiger partial charge in [0.15, 0.2) is 5.82 Å². The second kappa shape index (κ2) is 6.47. The fraction of sp³-hybridized carbons (Fsp3) is 0.556. The number of nitrogens with one attached hydrogen (secondary N) is 2. The number of methoxy groups -OCH3 is 1. The van der Waals surface area contributed by atoms with E-state index in [-0.39, 0.29) is 12.6 Å². The van der Waals surface area contributed by atoms with Crippen LogP contribution in [-0.2, 0) is 4.74 Å². The van der Waals surface area contributed by atoms with Gasteiger partial charge in [-0.3, -0.25) is 0 Å². The van der Waals surface area contributed by atoms with Crippen LogP contribution in [0.5, 0.6) is 0 Å². The van der Waals surface area contributed by atoms with E-state index in [4.69, 9.17) is 21.4 Å². The van der Waals surface area contributed by atoms with E-state index in [1.54, 1.807) is 14.2 Å². The maximum absolute atomic E-state index is 9.09. The summed E-state index contributed by atoms with van der Waals surface area (Å²) in [6.07, 6.45) is 1.49. The van der Waals surface area contributed by atoms with Crippen LogP contribution in [0, 0.1) is 0 Å². The van der Waals surface area contributed by atoms with Gasteiger partial charge in [-0.1, -0.05) is 11.6 Å². The van der Waals surface area contributed by atoms with E-state index in [1.807, 2.05) is 0 Å². The number of anilines is 2. The average molecular weight is 247 g/mol. The topological polar surface area (TPSA) is 79.3 Å². The third-order valence-electron chi connectivity index (χ3n) is 1.90. The monoisotopic (exact) mass is 246 g/mol. The molecule has 1 unspecified atom stereocenters. The van der Waals surface area contributed by atoms with Crippen molar-refractivity contribution in [3.05, 3.63) is 11.2 Å². The van der Waals surface area contributed by atoms with Crippen LogP contribution >= 0.6 is 11.6 Å². The fourth-order valence-corrected chi connectivity index (χ4v) is 1.27. The van der Waals surface area contributed by atoms with E-state index in [0.29, 0.717) is 23.4 Å². The summed E-state index contributed by atoms with van der Waals surface area (Å²) >= 11 is 5.92. The number of hydrogen-bond donors (Lipinski definition) is 3. The van der Waals surface area contributed by atoms with Crippen LogP contribution in [0.3, 0.4) is 0 Å². The van der Waals surface area contributed by atoms with Gasteiger partial charge in [0, 0.05) is 14.2 Å². The van der Waals surface area contributed by atoms with Gasteiger partial charge in [0.05, 0.1) is 25.5 Å². The lowest BCUT2D eigenvalue weighted by molar-refractivity contribution is 0.153. The molecule has 1 aromatic heterocycles. The van der Waals surface area contributed by atoms with Gasteiger partial charge in [-0.2, -0.15) is 4.98 Å². The lowest BCUT2D eigenvalue weighted by Crippen LogP contribution is -2.29. The molecule has 0 saturated heterocycles. The fourth-order valence-electron chi connectivity index (χ4n) is 1.12. The van der Waals surface area contributed by atoms with Gasteiger partial charge in [-0.15, -0.1) is 0 Å². The summed E-state index contributed by atoms with van der Waals surface area (Å²) in [5.74, 6) is 0.929. The first kappa shape index (κ1) is 13.0. The van der Waals surface area contributed by atoms with Gasteiger partial charge in [0.25, 0.3) is 0 Å². The van der Waals surface area contributed by atoms with E-state index in [1.165, 1.54) is 6.20 Å². The van der Waals surface area contributed by atoms with Crippen molar-refractivity contribution in [3.63, 3.8) is 0 Å². The average Bonchev–Trinajstić information content (AvgIpc) is 2.31. The predicted molar refractivity (Wildman–Crippen MR) is 63.0 cm³/mol. The molecule has 0 saturated carbocycles. The number of halogens is 1. The molecule has 0 aromatic carbocycles. The second-order valence-corrected chi connectivity index (χ2v) is 3.53. The van der Waals surface area contributed by atoms with Gasteiger partial charge in [0.2, 0.25) is 5.95 Å². The molecule has 0 fully saturated rings. The number of aliphatic hydroxyl groups excluding tert-OH is 1. The molecule has 6 nitrogen and oxygen atoms in total. The number of aromatic nitrogens is 2. The van der Waals surface area contributed by atoms with Gasteiger partial charge < -0.3 is 20.5 Å². The molecule has 90 valence electrons. The quantitative estimate of drug-likeness (QED) is 0.682. The minimum atomic E-state index is -0.248. The Morgan fingerprint density at radius 1 is 1.62 bits per heavy atom. The molecule has 1 atom stereocenters. The van der Waals surface area contributed by atoms with Crippen molar-refractivity contribution in [2.75, 3.05) is 38.0 Å². The van der Waals surface area contributed by atoms with Gasteiger partial charge in [0.1, 0.15) is 5.02 Å². The highest BCUT2D eigenvalue weighted by molar-refractivity contribution is 6.32. The summed E-state index contributed by atoms with van der Waals surface area (Å²) in [7, 11) is 3.27. The molecule has 0 spiro atoms. The summed E-state index contributed by atoms with van der Waals surface area (Å²) in [4.78, 5) is 8.08. The molecule has 1 rings (SSSR count). The number of ether oxygens (including phenoxy) is 1. The van der Waals surface area contributed by atoms with Crippen molar-refractivity contribution in [2.24, 2.45) is 0 Å². The molecule has 1 aromatic rings. The third-order valence-corrected chi connectivity index (χ3v) is 2.17. The summed E-state index contributed by atoms with van der Waals surface area (Å²) in [6, 6.07) is -0.248. The molecule has 0 bridgehead atoms. The lowest BCUT2D eigenvalue weighted by atomic mass is 10.3. The van der Waals surface area contributed by atoms with Crippen molar-refractivity contribution in [1.29, 1.82) is 0 Å². The van der Waals surface area contributed by atoms with Crippen molar-refractivity contribution in [3.8, 4) is 0 Å². The zero-order valence-corrected chi connectivity index (χ0v) is 9.95. The molecule has 0 aliphatic carbocycles. The van der Waals surface area contributed by atoms with Gasteiger partial charge in [-0.25, -0.2) is 4.98 Å². The van der Waals surface area contributed by atoms with Crippen LogP contribution in [0.4, 0.5) is 11.8 Å². The SMILES string of the molecule is CNc1ncc(Cl)c(NC(CO)COC)n1. The molecule has 3 N–H and O–H groups in total. The van der Waals surface area contributed by atoms with E-state index in [2.05, 4.69) is 20.6 Å². The standard InChI is InChI=1S/C9H15ClN4O2/c1-11-9-12-3-7(10)8(14-9)13-6(4-15)5-16-2/h3,6,15H,4-5H2,1-2H3,(H2,11,12,13,14). The highest BCUT2D eigenvalue weighted by atomic mass is 35.5. The molecule has 0 amide bonds. The van der Waals surface area contributed by atoms with Crippen LogP contribution in [0.15, 0.2) is 6.20 Å². The number of aliphatic hydroxyl groups is 1. The van der Waals surface area contributed by atoms with Crippen LogP contribution in [0.2, 0.25) is 5.02 Å². The van der Waals surface area contributed by atoms with Gasteiger partial charge >= 0.3 is 0 Å². The zero-order valence-electron chi connectivity index (χ0n) is 9.20. The maximum atomic E-state index is 9.09. The van der Waals surface area contributed by atoms with E-state index in [0.717, 1.165) is 0 Å². The molecule has 0 aliphatic heterocycles. The maximum Gasteiger partial charge on any atom is 0.224 e. The normalized spacial score (nSPS) is 12.2. The molecular weight excluding hydrogens is 232 g/mol. The third kappa shape index (κ3) is 3.48. The van der Waals surface area contributed by atoms with Crippen molar-refractivity contribution >= 4 is 23.4 Å². The Kier molecular flexibility index (Phi) is 5.24. The number of nitrogens with zero attached hydrogens (tertiary/aromatic N) is 2. The number of rotatable bonds is 6. The predicted octanol–water partition coefficient (Wildman–Crippen LogP) is 0.591. The zero-order chi connectivity index (χ0) is 12.0. The van der Waals surface area contributed by atoms with Crippen LogP contribution in [0.25, 0.3) is 0 Å². The largest absolute Gasteiger partial charge is 0.394 e. The van der Waals surface area contributed by atoms with Crippen molar-refractivity contribution in [1.82, 2.24) is 9.97 Å². The van der Waals surface area contributed by atoms with E-state index >= 15 is 0 Å². The minimum absolute atomic E-state index is 0.0664.